The third-order valence-electron chi connectivity index (χ3n) is 5.38. The lowest BCUT2D eigenvalue weighted by atomic mass is 9.92. The summed E-state index contributed by atoms with van der Waals surface area (Å²) in [5.74, 6) is 1.53. The summed E-state index contributed by atoms with van der Waals surface area (Å²) >= 11 is 1.65. The standard InChI is InChI=1S/C17H18N6S/c1-2-10(1)13-3-4-14(16-18-5-6-24-16)23-15(13)20-17(21-23)22-8-11-7-12(9-22)19-11/h3-6,10-12,19H,1-2,7-9H2. The van der Waals surface area contributed by atoms with Crippen molar-refractivity contribution in [2.45, 2.75) is 37.3 Å². The number of fused-ring (bicyclic) bond motifs is 3. The van der Waals surface area contributed by atoms with Crippen molar-refractivity contribution in [2.24, 2.45) is 0 Å². The van der Waals surface area contributed by atoms with Gasteiger partial charge in [0, 0.05) is 42.3 Å². The van der Waals surface area contributed by atoms with Gasteiger partial charge in [-0.15, -0.1) is 16.4 Å². The molecule has 24 heavy (non-hydrogen) atoms. The summed E-state index contributed by atoms with van der Waals surface area (Å²) < 4.78 is 2.02. The molecule has 0 amide bonds. The number of thiazole rings is 1. The Hall–Kier alpha value is -1.99. The normalized spacial score (nSPS) is 25.9. The van der Waals surface area contributed by atoms with Crippen molar-refractivity contribution < 1.29 is 0 Å². The van der Waals surface area contributed by atoms with Gasteiger partial charge in [-0.1, -0.05) is 6.07 Å². The highest BCUT2D eigenvalue weighted by atomic mass is 32.1. The predicted octanol–water partition coefficient (Wildman–Crippen LogP) is 2.28. The first-order valence-electron chi connectivity index (χ1n) is 8.66. The zero-order chi connectivity index (χ0) is 15.7. The number of piperidine rings is 1. The van der Waals surface area contributed by atoms with Crippen LogP contribution < -0.4 is 10.2 Å². The molecule has 1 N–H and O–H groups in total. The van der Waals surface area contributed by atoms with Gasteiger partial charge in [0.15, 0.2) is 5.65 Å². The Kier molecular flexibility index (Phi) is 2.65. The third kappa shape index (κ3) is 1.94. The molecule has 7 heteroatoms. The molecule has 3 aromatic rings. The van der Waals surface area contributed by atoms with E-state index in [4.69, 9.17) is 10.1 Å². The van der Waals surface area contributed by atoms with Crippen molar-refractivity contribution in [3.8, 4) is 10.7 Å². The van der Waals surface area contributed by atoms with Crippen molar-refractivity contribution in [2.75, 3.05) is 18.0 Å². The van der Waals surface area contributed by atoms with Crippen LogP contribution in [-0.4, -0.2) is 44.8 Å². The number of nitrogens with zero attached hydrogens (tertiary/aromatic N) is 5. The molecule has 1 aliphatic carbocycles. The Morgan fingerprint density at radius 2 is 2.00 bits per heavy atom. The Morgan fingerprint density at radius 3 is 2.71 bits per heavy atom. The number of pyridine rings is 1. The Morgan fingerprint density at radius 1 is 1.17 bits per heavy atom. The number of anilines is 1. The fourth-order valence-corrected chi connectivity index (χ4v) is 4.65. The average Bonchev–Trinajstić information content (AvgIpc) is 3.10. The van der Waals surface area contributed by atoms with E-state index in [1.54, 1.807) is 11.3 Å². The minimum Gasteiger partial charge on any atom is -0.336 e. The van der Waals surface area contributed by atoms with Gasteiger partial charge in [-0.3, -0.25) is 0 Å². The van der Waals surface area contributed by atoms with E-state index in [9.17, 15) is 0 Å². The fraction of sp³-hybridized carbons (Fsp3) is 0.471. The monoisotopic (exact) mass is 338 g/mol. The minimum absolute atomic E-state index is 0.608. The Labute approximate surface area is 143 Å². The maximum atomic E-state index is 4.95. The smallest absolute Gasteiger partial charge is 0.245 e. The number of aromatic nitrogens is 4. The second kappa shape index (κ2) is 4.77. The van der Waals surface area contributed by atoms with Crippen LogP contribution in [0, 0.1) is 0 Å². The van der Waals surface area contributed by atoms with E-state index in [1.165, 1.54) is 24.8 Å². The van der Waals surface area contributed by atoms with Crippen molar-refractivity contribution in [1.29, 1.82) is 0 Å². The third-order valence-corrected chi connectivity index (χ3v) is 6.17. The second-order valence-corrected chi connectivity index (χ2v) is 8.03. The molecule has 4 aliphatic rings. The Balaban J connectivity index is 1.50. The molecule has 0 aromatic carbocycles. The maximum absolute atomic E-state index is 4.95. The first-order chi connectivity index (χ1) is 11.8. The van der Waals surface area contributed by atoms with Crippen LogP contribution in [0.4, 0.5) is 5.95 Å². The summed E-state index contributed by atoms with van der Waals surface area (Å²) in [6.45, 7) is 2.03. The van der Waals surface area contributed by atoms with E-state index >= 15 is 0 Å². The van der Waals surface area contributed by atoms with Gasteiger partial charge >= 0.3 is 0 Å². The summed E-state index contributed by atoms with van der Waals surface area (Å²) in [6.07, 6.45) is 5.68. The molecule has 6 nitrogen and oxygen atoms in total. The summed E-state index contributed by atoms with van der Waals surface area (Å²) in [6, 6.07) is 5.61. The van der Waals surface area contributed by atoms with Crippen molar-refractivity contribution in [3.05, 3.63) is 29.3 Å². The van der Waals surface area contributed by atoms with E-state index in [2.05, 4.69) is 27.3 Å². The van der Waals surface area contributed by atoms with Crippen LogP contribution in [0.1, 0.15) is 30.7 Å². The van der Waals surface area contributed by atoms with Gasteiger partial charge in [0.05, 0.1) is 0 Å². The number of rotatable bonds is 3. The minimum atomic E-state index is 0.608. The lowest BCUT2D eigenvalue weighted by Crippen LogP contribution is -2.67. The number of nitrogens with one attached hydrogen (secondary N) is 1. The molecule has 2 bridgehead atoms. The number of hydrogen-bond donors (Lipinski definition) is 1. The zero-order valence-corrected chi connectivity index (χ0v) is 14.0. The second-order valence-electron chi connectivity index (χ2n) is 7.13. The lowest BCUT2D eigenvalue weighted by Gasteiger charge is -2.47. The molecular weight excluding hydrogens is 320 g/mol. The van der Waals surface area contributed by atoms with Crippen LogP contribution in [0.25, 0.3) is 16.3 Å². The van der Waals surface area contributed by atoms with Gasteiger partial charge in [-0.05, 0) is 31.2 Å². The predicted molar refractivity (Wildman–Crippen MR) is 93.6 cm³/mol. The van der Waals surface area contributed by atoms with Gasteiger partial charge in [-0.25, -0.2) is 9.50 Å². The largest absolute Gasteiger partial charge is 0.336 e. The van der Waals surface area contributed by atoms with E-state index < -0.39 is 0 Å². The van der Waals surface area contributed by atoms with Crippen LogP contribution in [0.2, 0.25) is 0 Å². The van der Waals surface area contributed by atoms with Gasteiger partial charge in [0.2, 0.25) is 5.95 Å². The maximum Gasteiger partial charge on any atom is 0.245 e. The van der Waals surface area contributed by atoms with Gasteiger partial charge < -0.3 is 10.2 Å². The van der Waals surface area contributed by atoms with Crippen LogP contribution in [0.5, 0.6) is 0 Å². The highest BCUT2D eigenvalue weighted by molar-refractivity contribution is 7.13. The van der Waals surface area contributed by atoms with Crippen molar-refractivity contribution >= 4 is 22.9 Å². The van der Waals surface area contributed by atoms with E-state index in [-0.39, 0.29) is 0 Å². The average molecular weight is 338 g/mol. The lowest BCUT2D eigenvalue weighted by molar-refractivity contribution is 0.224. The highest BCUT2D eigenvalue weighted by Gasteiger charge is 2.38. The molecule has 2 unspecified atom stereocenters. The van der Waals surface area contributed by atoms with Gasteiger partial charge in [0.25, 0.3) is 0 Å². The van der Waals surface area contributed by atoms with Crippen LogP contribution in [0.15, 0.2) is 23.7 Å². The molecule has 7 rings (SSSR count). The van der Waals surface area contributed by atoms with Crippen LogP contribution in [0.3, 0.4) is 0 Å². The summed E-state index contributed by atoms with van der Waals surface area (Å²) in [5.41, 5.74) is 3.41. The first-order valence-corrected chi connectivity index (χ1v) is 9.53. The van der Waals surface area contributed by atoms with Crippen LogP contribution in [-0.2, 0) is 0 Å². The molecule has 1 saturated carbocycles. The van der Waals surface area contributed by atoms with Crippen molar-refractivity contribution in [3.63, 3.8) is 0 Å². The summed E-state index contributed by atoms with van der Waals surface area (Å²) in [4.78, 5) is 11.8. The molecular formula is C17H18N6S. The number of piperazine rings is 1. The first kappa shape index (κ1) is 13.3. The molecule has 2 atom stereocenters. The molecule has 0 radical (unpaired) electrons. The summed E-state index contributed by atoms with van der Waals surface area (Å²) in [7, 11) is 0. The molecule has 3 saturated heterocycles. The molecule has 6 heterocycles. The highest BCUT2D eigenvalue weighted by Crippen LogP contribution is 2.42. The van der Waals surface area contributed by atoms with Gasteiger partial charge in [0.1, 0.15) is 10.7 Å². The summed E-state index contributed by atoms with van der Waals surface area (Å²) in [5, 5.41) is 11.5. The zero-order valence-electron chi connectivity index (χ0n) is 13.2. The quantitative estimate of drug-likeness (QED) is 0.794. The topological polar surface area (TPSA) is 58.4 Å². The van der Waals surface area contributed by atoms with Gasteiger partial charge in [-0.2, -0.15) is 4.98 Å². The van der Waals surface area contributed by atoms with E-state index in [0.717, 1.165) is 35.4 Å². The van der Waals surface area contributed by atoms with Crippen molar-refractivity contribution in [1.82, 2.24) is 24.9 Å². The Bertz CT molecular complexity index is 897. The fourth-order valence-electron chi connectivity index (χ4n) is 4.01. The molecule has 3 aliphatic heterocycles. The SMILES string of the molecule is c1csc(-c2ccc(C3CC3)c3nc(N4CC5CC(C4)N5)nn23)n1. The molecule has 3 aromatic heterocycles. The van der Waals surface area contributed by atoms with Crippen LogP contribution >= 0.6 is 11.3 Å². The molecule has 4 fully saturated rings. The number of hydrogen-bond acceptors (Lipinski definition) is 6. The molecule has 0 spiro atoms. The molecule has 122 valence electrons. The van der Waals surface area contributed by atoms with E-state index in [1.807, 2.05) is 16.1 Å². The van der Waals surface area contributed by atoms with E-state index in [0.29, 0.717) is 18.0 Å².